The number of ether oxygens (including phenoxy) is 1. The zero-order chi connectivity index (χ0) is 20.7. The van der Waals surface area contributed by atoms with Gasteiger partial charge in [-0.1, -0.05) is 48.5 Å². The van der Waals surface area contributed by atoms with E-state index in [-0.39, 0.29) is 24.0 Å². The predicted octanol–water partition coefficient (Wildman–Crippen LogP) is 4.29. The Morgan fingerprint density at radius 2 is 1.57 bits per heavy atom. The summed E-state index contributed by atoms with van der Waals surface area (Å²) in [6, 6.07) is 17.4. The predicted molar refractivity (Wildman–Crippen MR) is 120 cm³/mol. The SMILES string of the molecule is COC1CCC(N2CCCC2)C(N(C)C(=O)C2c3ccccc3-c3ccccc32)C1. The van der Waals surface area contributed by atoms with Crippen molar-refractivity contribution in [2.45, 2.75) is 56.2 Å². The van der Waals surface area contributed by atoms with Gasteiger partial charge in [0.15, 0.2) is 0 Å². The Kier molecular flexibility index (Phi) is 5.38. The van der Waals surface area contributed by atoms with Gasteiger partial charge in [0.1, 0.15) is 0 Å². The number of amides is 1. The van der Waals surface area contributed by atoms with Gasteiger partial charge in [0, 0.05) is 26.2 Å². The second-order valence-corrected chi connectivity index (χ2v) is 9.11. The van der Waals surface area contributed by atoms with Crippen LogP contribution in [0, 0.1) is 0 Å². The number of likely N-dealkylation sites (tertiary alicyclic amines) is 1. The Labute approximate surface area is 179 Å². The Morgan fingerprint density at radius 3 is 2.17 bits per heavy atom. The van der Waals surface area contributed by atoms with Crippen molar-refractivity contribution in [3.63, 3.8) is 0 Å². The van der Waals surface area contributed by atoms with Crippen LogP contribution in [0.25, 0.3) is 11.1 Å². The highest BCUT2D eigenvalue weighted by Gasteiger charge is 2.42. The maximum absolute atomic E-state index is 14.0. The van der Waals surface area contributed by atoms with Crippen LogP contribution in [0.2, 0.25) is 0 Å². The van der Waals surface area contributed by atoms with Crippen LogP contribution in [-0.4, -0.2) is 61.1 Å². The van der Waals surface area contributed by atoms with Crippen molar-refractivity contribution in [2.75, 3.05) is 27.2 Å². The number of hydrogen-bond donors (Lipinski definition) is 0. The molecule has 3 atom stereocenters. The van der Waals surface area contributed by atoms with E-state index in [1.165, 1.54) is 24.0 Å². The number of fused-ring (bicyclic) bond motifs is 3. The molecule has 2 fully saturated rings. The summed E-state index contributed by atoms with van der Waals surface area (Å²) >= 11 is 0. The van der Waals surface area contributed by atoms with Gasteiger partial charge in [-0.15, -0.1) is 0 Å². The number of carbonyl (C=O) groups is 1. The zero-order valence-electron chi connectivity index (χ0n) is 18.1. The summed E-state index contributed by atoms with van der Waals surface area (Å²) in [6.07, 6.45) is 5.92. The largest absolute Gasteiger partial charge is 0.381 e. The lowest BCUT2D eigenvalue weighted by Crippen LogP contribution is -2.56. The molecule has 0 spiro atoms. The van der Waals surface area contributed by atoms with Crippen LogP contribution in [-0.2, 0) is 9.53 Å². The molecule has 5 rings (SSSR count). The van der Waals surface area contributed by atoms with Crippen LogP contribution in [0.4, 0.5) is 0 Å². The maximum Gasteiger partial charge on any atom is 0.234 e. The summed E-state index contributed by atoms with van der Waals surface area (Å²) in [5.41, 5.74) is 4.70. The van der Waals surface area contributed by atoms with E-state index in [4.69, 9.17) is 4.74 Å². The molecule has 2 aliphatic carbocycles. The van der Waals surface area contributed by atoms with Gasteiger partial charge in [-0.25, -0.2) is 0 Å². The van der Waals surface area contributed by atoms with E-state index in [1.807, 2.05) is 14.2 Å². The molecular formula is C26H32N2O2. The number of hydrogen-bond acceptors (Lipinski definition) is 3. The second-order valence-electron chi connectivity index (χ2n) is 9.11. The normalized spacial score (nSPS) is 26.4. The quantitative estimate of drug-likeness (QED) is 0.762. The minimum absolute atomic E-state index is 0.203. The number of methoxy groups -OCH3 is 1. The Morgan fingerprint density at radius 1 is 0.967 bits per heavy atom. The summed E-state index contributed by atoms with van der Waals surface area (Å²) in [5.74, 6) is 0.0166. The molecule has 158 valence electrons. The molecule has 0 bridgehead atoms. The van der Waals surface area contributed by atoms with Crippen molar-refractivity contribution < 1.29 is 9.53 Å². The third-order valence-corrected chi connectivity index (χ3v) is 7.60. The zero-order valence-corrected chi connectivity index (χ0v) is 18.1. The molecular weight excluding hydrogens is 372 g/mol. The molecule has 2 aromatic rings. The van der Waals surface area contributed by atoms with E-state index in [2.05, 4.69) is 58.3 Å². The second kappa shape index (κ2) is 8.16. The summed E-state index contributed by atoms with van der Waals surface area (Å²) in [7, 11) is 3.83. The monoisotopic (exact) mass is 404 g/mol. The van der Waals surface area contributed by atoms with Gasteiger partial charge in [-0.05, 0) is 67.4 Å². The topological polar surface area (TPSA) is 32.8 Å². The Hall–Kier alpha value is -2.17. The first-order chi connectivity index (χ1) is 14.7. The Bertz CT molecular complexity index is 875. The van der Waals surface area contributed by atoms with Gasteiger partial charge >= 0.3 is 0 Å². The van der Waals surface area contributed by atoms with Crippen molar-refractivity contribution in [3.05, 3.63) is 59.7 Å². The average molecular weight is 405 g/mol. The van der Waals surface area contributed by atoms with E-state index in [9.17, 15) is 4.79 Å². The summed E-state index contributed by atoms with van der Waals surface area (Å²) in [5, 5.41) is 0. The van der Waals surface area contributed by atoms with Crippen molar-refractivity contribution >= 4 is 5.91 Å². The summed E-state index contributed by atoms with van der Waals surface area (Å²) in [4.78, 5) is 18.7. The molecule has 1 amide bonds. The fourth-order valence-electron chi connectivity index (χ4n) is 6.01. The van der Waals surface area contributed by atoms with Gasteiger partial charge in [0.2, 0.25) is 5.91 Å². The molecule has 4 nitrogen and oxygen atoms in total. The van der Waals surface area contributed by atoms with Crippen LogP contribution < -0.4 is 0 Å². The molecule has 30 heavy (non-hydrogen) atoms. The van der Waals surface area contributed by atoms with Crippen LogP contribution in [0.5, 0.6) is 0 Å². The minimum Gasteiger partial charge on any atom is -0.381 e. The van der Waals surface area contributed by atoms with Crippen molar-refractivity contribution in [3.8, 4) is 11.1 Å². The van der Waals surface area contributed by atoms with E-state index in [1.54, 1.807) is 0 Å². The molecule has 3 aliphatic rings. The van der Waals surface area contributed by atoms with Gasteiger partial charge in [0.25, 0.3) is 0 Å². The third-order valence-electron chi connectivity index (χ3n) is 7.60. The van der Waals surface area contributed by atoms with Gasteiger partial charge < -0.3 is 9.64 Å². The fourth-order valence-corrected chi connectivity index (χ4v) is 6.01. The fraction of sp³-hybridized carbons (Fsp3) is 0.500. The molecule has 1 saturated carbocycles. The molecule has 0 radical (unpaired) electrons. The van der Waals surface area contributed by atoms with Crippen molar-refractivity contribution in [2.24, 2.45) is 0 Å². The lowest BCUT2D eigenvalue weighted by atomic mass is 9.85. The van der Waals surface area contributed by atoms with Crippen LogP contribution in [0.3, 0.4) is 0 Å². The van der Waals surface area contributed by atoms with Gasteiger partial charge in [-0.3, -0.25) is 9.69 Å². The summed E-state index contributed by atoms with van der Waals surface area (Å²) < 4.78 is 5.74. The molecule has 0 N–H and O–H groups in total. The highest BCUT2D eigenvalue weighted by atomic mass is 16.5. The minimum atomic E-state index is -0.204. The van der Waals surface area contributed by atoms with E-state index in [0.29, 0.717) is 6.04 Å². The lowest BCUT2D eigenvalue weighted by Gasteiger charge is -2.45. The smallest absolute Gasteiger partial charge is 0.234 e. The van der Waals surface area contributed by atoms with Crippen molar-refractivity contribution in [1.29, 1.82) is 0 Å². The van der Waals surface area contributed by atoms with E-state index in [0.717, 1.165) is 43.5 Å². The van der Waals surface area contributed by atoms with Crippen LogP contribution in [0.15, 0.2) is 48.5 Å². The van der Waals surface area contributed by atoms with Gasteiger partial charge in [-0.2, -0.15) is 0 Å². The standard InChI is InChI=1S/C26H32N2O2/c1-27(24-17-18(30-2)13-14-23(24)28-15-7-8-16-28)26(29)25-21-11-5-3-9-19(21)20-10-4-6-12-22(20)25/h3-6,9-12,18,23-25H,7-8,13-17H2,1-2H3. The molecule has 3 unspecified atom stereocenters. The maximum atomic E-state index is 14.0. The number of likely N-dealkylation sites (N-methyl/N-ethyl adjacent to an activating group) is 1. The summed E-state index contributed by atoms with van der Waals surface area (Å²) in [6.45, 7) is 2.33. The van der Waals surface area contributed by atoms with Crippen LogP contribution in [0.1, 0.15) is 49.1 Å². The van der Waals surface area contributed by atoms with Gasteiger partial charge in [0.05, 0.1) is 12.0 Å². The first-order valence-electron chi connectivity index (χ1n) is 11.4. The molecule has 0 aromatic heterocycles. The molecule has 1 heterocycles. The Balaban J connectivity index is 1.47. The highest BCUT2D eigenvalue weighted by Crippen LogP contribution is 2.46. The van der Waals surface area contributed by atoms with Crippen LogP contribution >= 0.6 is 0 Å². The molecule has 1 aliphatic heterocycles. The average Bonchev–Trinajstić information content (AvgIpc) is 3.44. The third kappa shape index (κ3) is 3.27. The number of rotatable bonds is 4. The molecule has 4 heteroatoms. The first kappa shape index (κ1) is 19.8. The number of benzene rings is 2. The number of carbonyl (C=O) groups excluding carboxylic acids is 1. The molecule has 1 saturated heterocycles. The van der Waals surface area contributed by atoms with Crippen molar-refractivity contribution in [1.82, 2.24) is 9.80 Å². The lowest BCUT2D eigenvalue weighted by molar-refractivity contribution is -0.136. The highest BCUT2D eigenvalue weighted by molar-refractivity contribution is 5.96. The van der Waals surface area contributed by atoms with E-state index < -0.39 is 0 Å². The first-order valence-corrected chi connectivity index (χ1v) is 11.4. The molecule has 2 aromatic carbocycles. The number of nitrogens with zero attached hydrogens (tertiary/aromatic N) is 2. The van der Waals surface area contributed by atoms with E-state index >= 15 is 0 Å².